The van der Waals surface area contributed by atoms with E-state index < -0.39 is 29.8 Å². The highest BCUT2D eigenvalue weighted by Crippen LogP contribution is 2.22. The smallest absolute Gasteiger partial charge is 0.411 e. The maximum Gasteiger partial charge on any atom is 0.411 e. The molecule has 0 bridgehead atoms. The monoisotopic (exact) mass is 335 g/mol. The molecule has 1 aromatic carbocycles. The number of likely N-dealkylation sites (tertiary alicyclic amines) is 1. The van der Waals surface area contributed by atoms with Gasteiger partial charge in [-0.2, -0.15) is 0 Å². The Morgan fingerprint density at radius 2 is 1.88 bits per heavy atom. The number of nitrogens with zero attached hydrogens (tertiary/aromatic N) is 1. The Morgan fingerprint density at radius 1 is 1.21 bits per heavy atom. The number of rotatable bonds is 3. The molecule has 2 rings (SSSR count). The number of hydrogen-bond acceptors (Lipinski definition) is 5. The number of carbonyl (C=O) groups excluding carboxylic acids is 2. The van der Waals surface area contributed by atoms with Gasteiger partial charge in [0.2, 0.25) is 0 Å². The van der Waals surface area contributed by atoms with E-state index in [1.807, 2.05) is 30.3 Å². The Labute approximate surface area is 142 Å². The Hall–Kier alpha value is -2.08. The van der Waals surface area contributed by atoms with Gasteiger partial charge in [-0.05, 0) is 39.2 Å². The second kappa shape index (κ2) is 7.66. The lowest BCUT2D eigenvalue weighted by Crippen LogP contribution is -2.53. The van der Waals surface area contributed by atoms with E-state index in [1.165, 1.54) is 4.90 Å². The fourth-order valence-corrected chi connectivity index (χ4v) is 2.54. The van der Waals surface area contributed by atoms with Crippen LogP contribution in [0.2, 0.25) is 0 Å². The van der Waals surface area contributed by atoms with Crippen LogP contribution in [-0.2, 0) is 20.9 Å². The molecule has 1 aromatic rings. The summed E-state index contributed by atoms with van der Waals surface area (Å²) in [5, 5.41) is 9.83. The largest absolute Gasteiger partial charge is 0.459 e. The number of esters is 1. The minimum absolute atomic E-state index is 0.0695. The summed E-state index contributed by atoms with van der Waals surface area (Å²) in [6.07, 6.45) is -0.461. The first-order valence-corrected chi connectivity index (χ1v) is 8.14. The maximum atomic E-state index is 12.4. The molecule has 24 heavy (non-hydrogen) atoms. The minimum atomic E-state index is -0.730. The second-order valence-corrected chi connectivity index (χ2v) is 6.97. The third kappa shape index (κ3) is 5.23. The highest BCUT2D eigenvalue weighted by Gasteiger charge is 2.38. The first kappa shape index (κ1) is 18.3. The van der Waals surface area contributed by atoms with Crippen molar-refractivity contribution in [2.45, 2.75) is 58.0 Å². The Balaban J connectivity index is 2.01. The third-order valence-electron chi connectivity index (χ3n) is 3.68. The van der Waals surface area contributed by atoms with Crippen LogP contribution in [0.4, 0.5) is 4.79 Å². The molecule has 0 radical (unpaired) electrons. The predicted octanol–water partition coefficient (Wildman–Crippen LogP) is 2.49. The van der Waals surface area contributed by atoms with Crippen molar-refractivity contribution in [3.63, 3.8) is 0 Å². The van der Waals surface area contributed by atoms with Gasteiger partial charge in [0.1, 0.15) is 18.2 Å². The van der Waals surface area contributed by atoms with Crippen molar-refractivity contribution in [2.75, 3.05) is 6.54 Å². The Bertz CT molecular complexity index is 567. The van der Waals surface area contributed by atoms with Gasteiger partial charge in [0.25, 0.3) is 0 Å². The van der Waals surface area contributed by atoms with E-state index in [0.717, 1.165) is 5.56 Å². The summed E-state index contributed by atoms with van der Waals surface area (Å²) >= 11 is 0. The van der Waals surface area contributed by atoms with Crippen molar-refractivity contribution in [3.05, 3.63) is 35.9 Å². The first-order valence-electron chi connectivity index (χ1n) is 8.14. The molecule has 6 heteroatoms. The molecule has 1 N–H and O–H groups in total. The highest BCUT2D eigenvalue weighted by molar-refractivity contribution is 5.81. The summed E-state index contributed by atoms with van der Waals surface area (Å²) in [5.41, 5.74) is 0.211. The zero-order valence-corrected chi connectivity index (χ0v) is 14.4. The van der Waals surface area contributed by atoms with Crippen LogP contribution in [0.25, 0.3) is 0 Å². The average Bonchev–Trinajstić information content (AvgIpc) is 2.52. The number of aliphatic hydroxyl groups excluding tert-OH is 1. The molecular formula is C18H25NO5. The van der Waals surface area contributed by atoms with Crippen LogP contribution < -0.4 is 0 Å². The topological polar surface area (TPSA) is 76.1 Å². The highest BCUT2D eigenvalue weighted by atomic mass is 16.6. The van der Waals surface area contributed by atoms with Gasteiger partial charge in [0.05, 0.1) is 12.6 Å². The molecule has 1 heterocycles. The van der Waals surface area contributed by atoms with Gasteiger partial charge in [0.15, 0.2) is 0 Å². The normalized spacial score (nSPS) is 21.2. The first-order chi connectivity index (χ1) is 11.3. The van der Waals surface area contributed by atoms with Crippen molar-refractivity contribution in [3.8, 4) is 0 Å². The van der Waals surface area contributed by atoms with Gasteiger partial charge in [-0.3, -0.25) is 4.90 Å². The number of hydrogen-bond donors (Lipinski definition) is 1. The van der Waals surface area contributed by atoms with Crippen LogP contribution in [-0.4, -0.2) is 46.4 Å². The van der Waals surface area contributed by atoms with Crippen LogP contribution in [0.5, 0.6) is 0 Å². The SMILES string of the molecule is CC(C)(C)OC(=O)N1C[C@H](O)CC[C@@H]1C(=O)OCc1ccccc1. The van der Waals surface area contributed by atoms with E-state index in [-0.39, 0.29) is 13.2 Å². The van der Waals surface area contributed by atoms with Crippen LogP contribution in [0, 0.1) is 0 Å². The fourth-order valence-electron chi connectivity index (χ4n) is 2.54. The van der Waals surface area contributed by atoms with E-state index in [0.29, 0.717) is 12.8 Å². The Kier molecular flexibility index (Phi) is 5.83. The van der Waals surface area contributed by atoms with E-state index in [1.54, 1.807) is 20.8 Å². The van der Waals surface area contributed by atoms with Crippen LogP contribution in [0.15, 0.2) is 30.3 Å². The van der Waals surface area contributed by atoms with Crippen molar-refractivity contribution >= 4 is 12.1 Å². The van der Waals surface area contributed by atoms with Gasteiger partial charge in [-0.15, -0.1) is 0 Å². The van der Waals surface area contributed by atoms with Gasteiger partial charge in [-0.25, -0.2) is 9.59 Å². The van der Waals surface area contributed by atoms with Gasteiger partial charge >= 0.3 is 12.1 Å². The molecular weight excluding hydrogens is 310 g/mol. The molecule has 0 aliphatic carbocycles. The number of amides is 1. The maximum absolute atomic E-state index is 12.4. The zero-order chi connectivity index (χ0) is 17.7. The molecule has 6 nitrogen and oxygen atoms in total. The van der Waals surface area contributed by atoms with Crippen LogP contribution >= 0.6 is 0 Å². The number of carbonyl (C=O) groups is 2. The zero-order valence-electron chi connectivity index (χ0n) is 14.4. The summed E-state index contributed by atoms with van der Waals surface area (Å²) in [7, 11) is 0. The second-order valence-electron chi connectivity index (χ2n) is 6.97. The molecule has 0 unspecified atom stereocenters. The summed E-state index contributed by atoms with van der Waals surface area (Å²) in [6, 6.07) is 8.62. The number of β-amino-alcohol motifs (C(OH)–C–C–N with tert-alkyl or cyclic N) is 1. The molecule has 132 valence electrons. The third-order valence-corrected chi connectivity index (χ3v) is 3.68. The summed E-state index contributed by atoms with van der Waals surface area (Å²) in [4.78, 5) is 26.0. The fraction of sp³-hybridized carbons (Fsp3) is 0.556. The molecule has 1 fully saturated rings. The van der Waals surface area contributed by atoms with E-state index in [2.05, 4.69) is 0 Å². The molecule has 0 aromatic heterocycles. The van der Waals surface area contributed by atoms with Crippen molar-refractivity contribution < 1.29 is 24.2 Å². The molecule has 0 saturated carbocycles. The minimum Gasteiger partial charge on any atom is -0.459 e. The average molecular weight is 335 g/mol. The standard InChI is InChI=1S/C18H25NO5/c1-18(2,3)24-17(22)19-11-14(20)9-10-15(19)16(21)23-12-13-7-5-4-6-8-13/h4-8,14-15,20H,9-12H2,1-3H3/t14-,15-/m1/s1. The van der Waals surface area contributed by atoms with E-state index in [9.17, 15) is 14.7 Å². The summed E-state index contributed by atoms with van der Waals surface area (Å²) < 4.78 is 10.7. The lowest BCUT2D eigenvalue weighted by Gasteiger charge is -2.37. The van der Waals surface area contributed by atoms with Crippen molar-refractivity contribution in [1.29, 1.82) is 0 Å². The Morgan fingerprint density at radius 3 is 2.50 bits per heavy atom. The van der Waals surface area contributed by atoms with Crippen LogP contribution in [0.1, 0.15) is 39.2 Å². The molecule has 1 aliphatic rings. The van der Waals surface area contributed by atoms with Crippen LogP contribution in [0.3, 0.4) is 0 Å². The molecule has 0 spiro atoms. The number of piperidine rings is 1. The summed E-state index contributed by atoms with van der Waals surface area (Å²) in [5.74, 6) is -0.475. The van der Waals surface area contributed by atoms with Gasteiger partial charge < -0.3 is 14.6 Å². The number of benzene rings is 1. The number of aliphatic hydroxyl groups is 1. The lowest BCUT2D eigenvalue weighted by atomic mass is 10.0. The predicted molar refractivity (Wildman–Crippen MR) is 88.2 cm³/mol. The molecule has 1 aliphatic heterocycles. The molecule has 1 saturated heterocycles. The quantitative estimate of drug-likeness (QED) is 0.859. The summed E-state index contributed by atoms with van der Waals surface area (Å²) in [6.45, 7) is 5.50. The lowest BCUT2D eigenvalue weighted by molar-refractivity contribution is -0.153. The van der Waals surface area contributed by atoms with Gasteiger partial charge in [0, 0.05) is 0 Å². The van der Waals surface area contributed by atoms with E-state index >= 15 is 0 Å². The van der Waals surface area contributed by atoms with Crippen molar-refractivity contribution in [1.82, 2.24) is 4.90 Å². The molecule has 2 atom stereocenters. The van der Waals surface area contributed by atoms with Crippen molar-refractivity contribution in [2.24, 2.45) is 0 Å². The van der Waals surface area contributed by atoms with E-state index in [4.69, 9.17) is 9.47 Å². The van der Waals surface area contributed by atoms with Gasteiger partial charge in [-0.1, -0.05) is 30.3 Å². The molecule has 1 amide bonds. The number of ether oxygens (including phenoxy) is 2.